The second kappa shape index (κ2) is 43.9. The summed E-state index contributed by atoms with van der Waals surface area (Å²) in [6.45, 7) is -9.08. The zero-order valence-electron chi connectivity index (χ0n) is 65.1. The van der Waals surface area contributed by atoms with Crippen molar-refractivity contribution in [2.45, 2.75) is 215 Å². The summed E-state index contributed by atoms with van der Waals surface area (Å²) in [4.78, 5) is 0. The molecule has 21 saturated heterocycles. The predicted molar refractivity (Wildman–Crippen MR) is 368 cm³/mol. The zero-order chi connectivity index (χ0) is 88.4. The number of hydrogen-bond acceptors (Lipinski definition) is 49. The maximum absolute atomic E-state index is 12.5. The van der Waals surface area contributed by atoms with Crippen molar-refractivity contribution in [3.8, 4) is 0 Å². The van der Waals surface area contributed by atoms with Crippen molar-refractivity contribution in [2.24, 2.45) is 0 Å². The lowest BCUT2D eigenvalue weighted by Crippen LogP contribution is -2.69. The Labute approximate surface area is 683 Å². The second-order valence-corrected chi connectivity index (χ2v) is 33.9. The normalized spacial score (nSPS) is 41.0. The van der Waals surface area contributed by atoms with Gasteiger partial charge in [-0.3, -0.25) is 31.9 Å². The van der Waals surface area contributed by atoms with Crippen molar-refractivity contribution in [3.63, 3.8) is 0 Å². The molecule has 119 heavy (non-hydrogen) atoms. The quantitative estimate of drug-likeness (QED) is 0.0290. The molecule has 0 amide bonds. The van der Waals surface area contributed by atoms with Gasteiger partial charge in [-0.05, 0) is 0 Å². The SMILES string of the molecule is CO[C@@H]1[C@@H](OC)[C@H]2O[C@H]3[C@H](OC)[C@@H](OC)[C@@H](O[C@H]4[C@H](OC)[C@@H](OC)[C@@H](O[C@H]5[C@H](OC)[C@@H](OC)[C@@H](O[C@H]6[C@H](OC)[C@@H](OC)[C@@H](O[C@H]7[C@H](OC)[C@@H](OC)[C@@H](O[C@H]8[C@H](OC)[C@@H](OC)[C@@H](O[C@@H]1[C@@H](COS(=O)(=O)O)O2)O[C@@H]8COS(=O)(=O)O)O[C@@H]7COS(=O)(=O)O)O[C@@H]6COS(=O)(=O)O)O[C@@H]5COS(=O)(=O)O)O[C@@H]4COS(=O)(=O)O)O[C@@H]3COS(=O)(=O)O. The van der Waals surface area contributed by atoms with Crippen LogP contribution in [0.15, 0.2) is 0 Å². The second-order valence-electron chi connectivity index (χ2n) is 26.3. The fourth-order valence-corrected chi connectivity index (χ4v) is 16.9. The molecule has 21 aliphatic heterocycles. The lowest BCUT2D eigenvalue weighted by atomic mass is 9.94. The van der Waals surface area contributed by atoms with Crippen molar-refractivity contribution in [2.75, 3.05) is 146 Å². The van der Waals surface area contributed by atoms with Crippen LogP contribution in [-0.2, 0) is 235 Å². The van der Waals surface area contributed by atoms with E-state index in [1.165, 1.54) is 0 Å². The molecular formula is C56H98O56S7. The molecule has 35 atom stereocenters. The van der Waals surface area contributed by atoms with Crippen LogP contribution in [0.4, 0.5) is 0 Å². The van der Waals surface area contributed by atoms with E-state index in [9.17, 15) is 90.8 Å². The van der Waals surface area contributed by atoms with Gasteiger partial charge in [0.1, 0.15) is 171 Å². The average molecular weight is 1890 g/mol. The maximum atomic E-state index is 12.5. The van der Waals surface area contributed by atoms with Gasteiger partial charge >= 0.3 is 72.8 Å². The summed E-state index contributed by atoms with van der Waals surface area (Å²) < 4.78 is 453. The van der Waals surface area contributed by atoms with Crippen LogP contribution < -0.4 is 0 Å². The highest BCUT2D eigenvalue weighted by Crippen LogP contribution is 2.44. The number of hydrogen-bond donors (Lipinski definition) is 7. The third-order valence-corrected chi connectivity index (χ3v) is 22.7. The molecule has 21 rings (SSSR count). The Kier molecular flexibility index (Phi) is 37.7. The van der Waals surface area contributed by atoms with Gasteiger partial charge in [0.05, 0.1) is 46.2 Å². The monoisotopic (exact) mass is 1890 g/mol. The molecule has 0 aromatic heterocycles. The van der Waals surface area contributed by atoms with Gasteiger partial charge in [-0.2, -0.15) is 58.9 Å². The van der Waals surface area contributed by atoms with Gasteiger partial charge in [0.2, 0.25) is 0 Å². The molecule has 0 spiro atoms. The third kappa shape index (κ3) is 27.1. The Bertz CT molecular complexity index is 3280. The molecule has 21 aliphatic rings. The minimum atomic E-state index is -5.50. The highest BCUT2D eigenvalue weighted by atomic mass is 32.3. The summed E-state index contributed by atoms with van der Waals surface area (Å²) in [5.41, 5.74) is 0. The predicted octanol–water partition coefficient (Wildman–Crippen LogP) is -7.28. The first-order chi connectivity index (χ1) is 55.7. The third-order valence-electron chi connectivity index (χ3n) is 19.7. The summed E-state index contributed by atoms with van der Waals surface area (Å²) in [5, 5.41) is 0. The lowest BCUT2D eigenvalue weighted by molar-refractivity contribution is -0.401. The Morgan fingerprint density at radius 3 is 0.336 bits per heavy atom. The van der Waals surface area contributed by atoms with Gasteiger partial charge in [-0.25, -0.2) is 29.3 Å². The summed E-state index contributed by atoms with van der Waals surface area (Å²) in [7, 11) is -23.9. The summed E-state index contributed by atoms with van der Waals surface area (Å²) in [6, 6.07) is 0. The van der Waals surface area contributed by atoms with E-state index in [1.807, 2.05) is 0 Å². The average Bonchev–Trinajstić information content (AvgIpc) is 0.798. The molecule has 21 heterocycles. The first kappa shape index (κ1) is 102. The van der Waals surface area contributed by atoms with Crippen LogP contribution in [0, 0.1) is 0 Å². The highest BCUT2D eigenvalue weighted by Gasteiger charge is 2.63. The smallest absolute Gasteiger partial charge is 0.376 e. The molecule has 700 valence electrons. The van der Waals surface area contributed by atoms with E-state index >= 15 is 0 Å². The molecule has 0 aromatic rings. The van der Waals surface area contributed by atoms with Crippen LogP contribution in [0.5, 0.6) is 0 Å². The minimum Gasteiger partial charge on any atom is -0.376 e. The lowest BCUT2D eigenvalue weighted by Gasteiger charge is -2.52. The van der Waals surface area contributed by atoms with E-state index in [1.54, 1.807) is 0 Å². The Morgan fingerprint density at radius 2 is 0.261 bits per heavy atom. The molecule has 0 aromatic carbocycles. The van der Waals surface area contributed by atoms with Gasteiger partial charge in [0.25, 0.3) is 0 Å². The van der Waals surface area contributed by atoms with E-state index in [-0.39, 0.29) is 0 Å². The van der Waals surface area contributed by atoms with E-state index in [0.717, 1.165) is 99.5 Å². The molecule has 21 fully saturated rings. The van der Waals surface area contributed by atoms with Gasteiger partial charge < -0.3 is 133 Å². The van der Waals surface area contributed by atoms with Gasteiger partial charge in [0.15, 0.2) is 44.0 Å². The minimum absolute atomic E-state index is 1.04. The van der Waals surface area contributed by atoms with Crippen molar-refractivity contribution < 1.29 is 253 Å². The number of rotatable bonds is 35. The Hall–Kier alpha value is -2.03. The van der Waals surface area contributed by atoms with Crippen molar-refractivity contribution in [1.29, 1.82) is 0 Å². The Balaban J connectivity index is 1.35. The molecular weight excluding hydrogens is 1790 g/mol. The van der Waals surface area contributed by atoms with Crippen LogP contribution in [0.2, 0.25) is 0 Å². The largest absolute Gasteiger partial charge is 0.397 e. The van der Waals surface area contributed by atoms with Crippen LogP contribution >= 0.6 is 0 Å². The summed E-state index contributed by atoms with van der Waals surface area (Å²) >= 11 is 0. The number of methoxy groups -OCH3 is 14. The summed E-state index contributed by atoms with van der Waals surface area (Å²) in [6.07, 6.45) is -66.4. The van der Waals surface area contributed by atoms with Gasteiger partial charge in [0, 0.05) is 99.5 Å². The zero-order valence-corrected chi connectivity index (χ0v) is 70.9. The molecule has 0 radical (unpaired) electrons. The van der Waals surface area contributed by atoms with Gasteiger partial charge in [-0.15, -0.1) is 0 Å². The summed E-state index contributed by atoms with van der Waals surface area (Å²) in [5.74, 6) is 0. The Morgan fingerprint density at radius 1 is 0.168 bits per heavy atom. The fraction of sp³-hybridized carbons (Fsp3) is 1.00. The van der Waals surface area contributed by atoms with E-state index in [2.05, 4.69) is 0 Å². The van der Waals surface area contributed by atoms with E-state index < -0.39 is 334 Å². The fourth-order valence-electron chi connectivity index (χ4n) is 14.8. The standard InChI is InChI=1S/C56H98O56S7/c1-78-36-29-22(15-92-113(57,58)59)99-50(43(36)85-8)107-30-23(16-93-114(60,61)62)101-52(45(87-10)37(30)79-2)109-32-25(18-95-116(66,67)68)103-54(47(89-12)39(32)81-4)111-34-27(20-97-118(72,73)74)105-56(49(91-14)41(34)83-6)112-35-28(21-98-119(75,76)77)104-55(48(90-13)42(35)84-7)110-33-26(19-96-117(69,70)71)102-53(46(88-11)40(33)82-5)108-31-24(17-94-115(63,64)65)100-51(106-29)44(86-9)38(31)80-3/h22-56H,15-21H2,1-14H3,(H,57,58,59)(H,60,61,62)(H,63,64,65)(H,66,67,68)(H,69,70,71)(H,72,73,74)(H,75,76,77)/t22-,23-,24-,25-,26-,27-,28-,29-,30-,31-,32-,33-,34-,35-,36+,37+,38+,39+,40+,41+,42+,43-,44-,45-,46-,47-,48-,49-,50-,51-,52-,53-,54-,55-,56-/m1/s1. The van der Waals surface area contributed by atoms with Crippen LogP contribution in [-0.4, -0.2) is 452 Å². The van der Waals surface area contributed by atoms with Crippen LogP contribution in [0.1, 0.15) is 0 Å². The molecule has 14 bridgehead atoms. The van der Waals surface area contributed by atoms with Crippen LogP contribution in [0.3, 0.4) is 0 Å². The highest BCUT2D eigenvalue weighted by molar-refractivity contribution is 7.82. The van der Waals surface area contributed by atoms with Crippen molar-refractivity contribution >= 4 is 72.8 Å². The van der Waals surface area contributed by atoms with Crippen LogP contribution in [0.25, 0.3) is 0 Å². The molecule has 0 unspecified atom stereocenters. The van der Waals surface area contributed by atoms with Crippen molar-refractivity contribution in [3.05, 3.63) is 0 Å². The molecule has 0 saturated carbocycles. The molecule has 63 heteroatoms. The topological polar surface area (TPSA) is 704 Å². The molecule has 7 N–H and O–H groups in total. The van der Waals surface area contributed by atoms with E-state index in [4.69, 9.17) is 162 Å². The first-order valence-corrected chi connectivity index (χ1v) is 44.2. The first-order valence-electron chi connectivity index (χ1n) is 34.6. The number of ether oxygens (including phenoxy) is 28. The maximum Gasteiger partial charge on any atom is 0.397 e. The van der Waals surface area contributed by atoms with Crippen molar-refractivity contribution in [1.82, 2.24) is 0 Å². The van der Waals surface area contributed by atoms with E-state index in [0.29, 0.717) is 0 Å². The van der Waals surface area contributed by atoms with Gasteiger partial charge in [-0.1, -0.05) is 0 Å². The molecule has 56 nitrogen and oxygen atoms in total. The molecule has 0 aliphatic carbocycles.